The summed E-state index contributed by atoms with van der Waals surface area (Å²) < 4.78 is 30.7. The van der Waals surface area contributed by atoms with Crippen LogP contribution in [0.15, 0.2) is 30.7 Å². The normalized spacial score (nSPS) is 10.8. The Morgan fingerprint density at radius 1 is 1.20 bits per heavy atom. The number of halogens is 2. The minimum atomic E-state index is -0.680. The lowest BCUT2D eigenvalue weighted by molar-refractivity contribution is 0.0599. The van der Waals surface area contributed by atoms with Gasteiger partial charge in [0.15, 0.2) is 0 Å². The molecule has 1 aromatic heterocycles. The molecule has 4 nitrogen and oxygen atoms in total. The second-order valence-electron chi connectivity index (χ2n) is 3.85. The van der Waals surface area contributed by atoms with Gasteiger partial charge >= 0.3 is 5.97 Å². The number of carbonyl (C=O) groups is 1. The third kappa shape index (κ3) is 3.23. The molecule has 0 bridgehead atoms. The van der Waals surface area contributed by atoms with Gasteiger partial charge in [-0.2, -0.15) is 0 Å². The minimum Gasteiger partial charge on any atom is -0.465 e. The lowest BCUT2D eigenvalue weighted by Crippen LogP contribution is -2.05. The van der Waals surface area contributed by atoms with Gasteiger partial charge in [0, 0.05) is 12.3 Å². The first kappa shape index (κ1) is 13.8. The molecule has 1 heterocycles. The summed E-state index contributed by atoms with van der Waals surface area (Å²) in [5.41, 5.74) is 0.788. The molecule has 2 rings (SSSR count). The fourth-order valence-electron chi connectivity index (χ4n) is 1.59. The van der Waals surface area contributed by atoms with Crippen molar-refractivity contribution in [3.63, 3.8) is 0 Å². The molecule has 0 unspecified atom stereocenters. The van der Waals surface area contributed by atoms with Crippen LogP contribution < -0.4 is 0 Å². The molecule has 0 radical (unpaired) electrons. The fourth-order valence-corrected chi connectivity index (χ4v) is 1.59. The second kappa shape index (κ2) is 6.01. The topological polar surface area (TPSA) is 52.1 Å². The van der Waals surface area contributed by atoms with Gasteiger partial charge in [0.2, 0.25) is 0 Å². The van der Waals surface area contributed by atoms with Gasteiger partial charge in [0.1, 0.15) is 23.5 Å². The molecule has 0 aliphatic rings. The predicted octanol–water partition coefficient (Wildman–Crippen LogP) is 2.71. The number of aromatic nitrogens is 2. The number of esters is 1. The van der Waals surface area contributed by atoms with Gasteiger partial charge in [-0.3, -0.25) is 0 Å². The van der Waals surface area contributed by atoms with Crippen LogP contribution in [-0.4, -0.2) is 23.0 Å². The number of hydrogen-bond acceptors (Lipinski definition) is 4. The molecule has 0 fully saturated rings. The van der Waals surface area contributed by atoms with Crippen LogP contribution in [0.25, 0.3) is 12.2 Å². The van der Waals surface area contributed by atoms with Crippen LogP contribution in [0, 0.1) is 11.6 Å². The number of ether oxygens (including phenoxy) is 1. The molecule has 0 atom stereocenters. The summed E-state index contributed by atoms with van der Waals surface area (Å²) in [5.74, 6) is -1.95. The van der Waals surface area contributed by atoms with Crippen LogP contribution in [-0.2, 0) is 4.74 Å². The number of hydrogen-bond donors (Lipinski definition) is 0. The van der Waals surface area contributed by atoms with E-state index in [0.29, 0.717) is 11.3 Å². The first-order valence-corrected chi connectivity index (χ1v) is 5.62. The first-order valence-electron chi connectivity index (χ1n) is 5.62. The maximum absolute atomic E-state index is 13.0. The summed E-state index contributed by atoms with van der Waals surface area (Å²) in [6.45, 7) is 0. The lowest BCUT2D eigenvalue weighted by Gasteiger charge is -2.01. The Hall–Kier alpha value is -2.63. The quantitative estimate of drug-likeness (QED) is 0.809. The zero-order chi connectivity index (χ0) is 14.5. The summed E-state index contributed by atoms with van der Waals surface area (Å²) >= 11 is 0. The number of nitrogens with zero attached hydrogens (tertiary/aromatic N) is 2. The van der Waals surface area contributed by atoms with E-state index in [9.17, 15) is 13.6 Å². The van der Waals surface area contributed by atoms with Gasteiger partial charge < -0.3 is 4.74 Å². The lowest BCUT2D eigenvalue weighted by atomic mass is 10.1. The molecule has 6 heteroatoms. The molecule has 0 N–H and O–H groups in total. The van der Waals surface area contributed by atoms with Crippen molar-refractivity contribution in [3.8, 4) is 0 Å². The minimum absolute atomic E-state index is 0.170. The Morgan fingerprint density at radius 2 is 1.90 bits per heavy atom. The van der Waals surface area contributed by atoms with Crippen LogP contribution in [0.4, 0.5) is 8.78 Å². The zero-order valence-corrected chi connectivity index (χ0v) is 10.5. The standard InChI is InChI=1S/C14H10F2N2O2/c1-20-14(19)12-7-17-8-18-13(12)3-2-9-4-10(15)6-11(16)5-9/h2-8H,1H3/b3-2+. The van der Waals surface area contributed by atoms with Crippen molar-refractivity contribution in [2.75, 3.05) is 7.11 Å². The van der Waals surface area contributed by atoms with Crippen molar-refractivity contribution in [1.82, 2.24) is 9.97 Å². The molecule has 20 heavy (non-hydrogen) atoms. The van der Waals surface area contributed by atoms with E-state index in [1.807, 2.05) is 0 Å². The number of benzene rings is 1. The molecule has 0 amide bonds. The van der Waals surface area contributed by atoms with E-state index in [2.05, 4.69) is 14.7 Å². The Balaban J connectivity index is 2.34. The molecule has 102 valence electrons. The van der Waals surface area contributed by atoms with Crippen LogP contribution >= 0.6 is 0 Å². The number of methoxy groups -OCH3 is 1. The Labute approximate surface area is 113 Å². The number of carbonyl (C=O) groups excluding carboxylic acids is 1. The molecule has 0 saturated carbocycles. The van der Waals surface area contributed by atoms with Crippen molar-refractivity contribution in [2.45, 2.75) is 0 Å². The van der Waals surface area contributed by atoms with E-state index in [4.69, 9.17) is 0 Å². The summed E-state index contributed by atoms with van der Waals surface area (Å²) in [5, 5.41) is 0. The Bertz CT molecular complexity index is 652. The molecule has 1 aromatic carbocycles. The predicted molar refractivity (Wildman–Crippen MR) is 68.7 cm³/mol. The van der Waals surface area contributed by atoms with E-state index in [1.54, 1.807) is 0 Å². The smallest absolute Gasteiger partial charge is 0.341 e. The molecule has 0 saturated heterocycles. The average Bonchev–Trinajstić information content (AvgIpc) is 2.43. The highest BCUT2D eigenvalue weighted by Gasteiger charge is 2.10. The summed E-state index contributed by atoms with van der Waals surface area (Å²) in [4.78, 5) is 19.2. The highest BCUT2D eigenvalue weighted by molar-refractivity contribution is 5.93. The molecule has 0 spiro atoms. The number of rotatable bonds is 3. The molecular weight excluding hydrogens is 266 g/mol. The second-order valence-corrected chi connectivity index (χ2v) is 3.85. The monoisotopic (exact) mass is 276 g/mol. The van der Waals surface area contributed by atoms with Crippen molar-refractivity contribution in [3.05, 3.63) is 59.2 Å². The van der Waals surface area contributed by atoms with Crippen molar-refractivity contribution in [2.24, 2.45) is 0 Å². The van der Waals surface area contributed by atoms with E-state index in [1.165, 1.54) is 43.9 Å². The molecule has 0 aliphatic heterocycles. The van der Waals surface area contributed by atoms with Gasteiger partial charge in [0.05, 0.1) is 12.8 Å². The third-order valence-electron chi connectivity index (χ3n) is 2.47. The van der Waals surface area contributed by atoms with E-state index >= 15 is 0 Å². The van der Waals surface area contributed by atoms with Gasteiger partial charge in [-0.25, -0.2) is 23.5 Å². The largest absolute Gasteiger partial charge is 0.465 e. The molecular formula is C14H10F2N2O2. The van der Waals surface area contributed by atoms with Crippen LogP contribution in [0.2, 0.25) is 0 Å². The third-order valence-corrected chi connectivity index (χ3v) is 2.47. The SMILES string of the molecule is COC(=O)c1cncnc1/C=C/c1cc(F)cc(F)c1. The van der Waals surface area contributed by atoms with Crippen molar-refractivity contribution < 1.29 is 18.3 Å². The van der Waals surface area contributed by atoms with Gasteiger partial charge in [-0.15, -0.1) is 0 Å². The van der Waals surface area contributed by atoms with Gasteiger partial charge in [-0.05, 0) is 23.8 Å². The van der Waals surface area contributed by atoms with Crippen molar-refractivity contribution in [1.29, 1.82) is 0 Å². The summed E-state index contributed by atoms with van der Waals surface area (Å²) in [7, 11) is 1.24. The van der Waals surface area contributed by atoms with Crippen LogP contribution in [0.1, 0.15) is 21.6 Å². The fraction of sp³-hybridized carbons (Fsp3) is 0.0714. The molecule has 2 aromatic rings. The van der Waals surface area contributed by atoms with Gasteiger partial charge in [0.25, 0.3) is 0 Å². The van der Waals surface area contributed by atoms with Gasteiger partial charge in [-0.1, -0.05) is 6.08 Å². The summed E-state index contributed by atoms with van der Waals surface area (Å²) in [6, 6.07) is 3.11. The van der Waals surface area contributed by atoms with E-state index in [0.717, 1.165) is 6.07 Å². The first-order chi connectivity index (χ1) is 9.60. The zero-order valence-electron chi connectivity index (χ0n) is 10.5. The Morgan fingerprint density at radius 3 is 2.55 bits per heavy atom. The van der Waals surface area contributed by atoms with Crippen molar-refractivity contribution >= 4 is 18.1 Å². The summed E-state index contributed by atoms with van der Waals surface area (Å²) in [6.07, 6.45) is 5.48. The van der Waals surface area contributed by atoms with E-state index in [-0.39, 0.29) is 5.56 Å². The highest BCUT2D eigenvalue weighted by atomic mass is 19.1. The maximum Gasteiger partial charge on any atom is 0.341 e. The Kier molecular flexibility index (Phi) is 4.14. The maximum atomic E-state index is 13.0. The van der Waals surface area contributed by atoms with Crippen LogP contribution in [0.5, 0.6) is 0 Å². The van der Waals surface area contributed by atoms with E-state index < -0.39 is 17.6 Å². The van der Waals surface area contributed by atoms with Crippen LogP contribution in [0.3, 0.4) is 0 Å². The highest BCUT2D eigenvalue weighted by Crippen LogP contribution is 2.13. The molecule has 0 aliphatic carbocycles. The average molecular weight is 276 g/mol.